The van der Waals surface area contributed by atoms with Gasteiger partial charge in [-0.25, -0.2) is 4.39 Å². The first-order valence-electron chi connectivity index (χ1n) is 8.71. The third-order valence-electron chi connectivity index (χ3n) is 4.99. The average molecular weight is 319 g/mol. The zero-order chi connectivity index (χ0) is 16.1. The second-order valence-corrected chi connectivity index (χ2v) is 6.56. The molecule has 0 aliphatic carbocycles. The van der Waals surface area contributed by atoms with Crippen LogP contribution in [0, 0.1) is 11.7 Å². The van der Waals surface area contributed by atoms with Crippen molar-refractivity contribution in [1.82, 2.24) is 15.5 Å². The largest absolute Gasteiger partial charge is 0.317 e. The molecule has 1 atom stereocenters. The summed E-state index contributed by atoms with van der Waals surface area (Å²) in [6.07, 6.45) is 4.31. The van der Waals surface area contributed by atoms with Crippen LogP contribution in [-0.2, 0) is 0 Å². The number of benzene rings is 1. The van der Waals surface area contributed by atoms with E-state index in [4.69, 9.17) is 0 Å². The maximum atomic E-state index is 12.9. The smallest absolute Gasteiger partial charge is 0.162 e. The highest BCUT2D eigenvalue weighted by atomic mass is 19.1. The summed E-state index contributed by atoms with van der Waals surface area (Å²) in [4.78, 5) is 14.6. The maximum absolute atomic E-state index is 12.9. The first-order valence-corrected chi connectivity index (χ1v) is 8.71. The Morgan fingerprint density at radius 1 is 1.17 bits per heavy atom. The molecule has 4 nitrogen and oxygen atoms in total. The van der Waals surface area contributed by atoms with Gasteiger partial charge in [-0.1, -0.05) is 0 Å². The van der Waals surface area contributed by atoms with Gasteiger partial charge in [0.1, 0.15) is 5.82 Å². The standard InChI is InChI=1S/C18H26FN3O/c19-16-5-3-14(4-6-16)17(23)2-1-12-22-13-11-21-18(22)15-7-9-20-10-8-15/h3-6,15,18,20-21H,1-2,7-13H2. The number of halogens is 1. The topological polar surface area (TPSA) is 44.4 Å². The van der Waals surface area contributed by atoms with Crippen molar-refractivity contribution in [1.29, 1.82) is 0 Å². The third kappa shape index (κ3) is 4.37. The van der Waals surface area contributed by atoms with Gasteiger partial charge in [0.05, 0.1) is 6.17 Å². The summed E-state index contributed by atoms with van der Waals surface area (Å²) in [5, 5.41) is 7.04. The molecule has 5 heteroatoms. The Morgan fingerprint density at radius 3 is 2.65 bits per heavy atom. The summed E-state index contributed by atoms with van der Waals surface area (Å²) >= 11 is 0. The number of nitrogens with zero attached hydrogens (tertiary/aromatic N) is 1. The monoisotopic (exact) mass is 319 g/mol. The van der Waals surface area contributed by atoms with Crippen molar-refractivity contribution in [2.24, 2.45) is 5.92 Å². The Balaban J connectivity index is 1.45. The summed E-state index contributed by atoms with van der Waals surface area (Å²) in [5.74, 6) is 0.525. The van der Waals surface area contributed by atoms with Gasteiger partial charge < -0.3 is 10.6 Å². The molecule has 2 fully saturated rings. The number of rotatable bonds is 6. The normalized spacial score (nSPS) is 23.3. The SMILES string of the molecule is O=C(CCCN1CCNC1C1CCNCC1)c1ccc(F)cc1. The summed E-state index contributed by atoms with van der Waals surface area (Å²) in [7, 11) is 0. The highest BCUT2D eigenvalue weighted by Crippen LogP contribution is 2.22. The molecular weight excluding hydrogens is 293 g/mol. The van der Waals surface area contributed by atoms with E-state index in [9.17, 15) is 9.18 Å². The first-order chi connectivity index (χ1) is 11.2. The van der Waals surface area contributed by atoms with Gasteiger partial charge in [0.25, 0.3) is 0 Å². The second kappa shape index (κ2) is 7.99. The van der Waals surface area contributed by atoms with Crippen molar-refractivity contribution in [3.05, 3.63) is 35.6 Å². The molecule has 1 aromatic rings. The lowest BCUT2D eigenvalue weighted by molar-refractivity contribution is 0.0965. The molecule has 0 aromatic heterocycles. The molecule has 0 amide bonds. The van der Waals surface area contributed by atoms with Gasteiger partial charge in [0.2, 0.25) is 0 Å². The van der Waals surface area contributed by atoms with Crippen molar-refractivity contribution < 1.29 is 9.18 Å². The fourth-order valence-corrected chi connectivity index (χ4v) is 3.72. The predicted octanol–water partition coefficient (Wildman–Crippen LogP) is 2.02. The van der Waals surface area contributed by atoms with Crippen LogP contribution >= 0.6 is 0 Å². The molecule has 0 spiro atoms. The number of hydrogen-bond donors (Lipinski definition) is 2. The van der Waals surface area contributed by atoms with Crippen molar-refractivity contribution >= 4 is 5.78 Å². The molecule has 2 aliphatic heterocycles. The minimum absolute atomic E-state index is 0.107. The van der Waals surface area contributed by atoms with Crippen LogP contribution in [0.5, 0.6) is 0 Å². The minimum Gasteiger partial charge on any atom is -0.317 e. The van der Waals surface area contributed by atoms with Crippen molar-refractivity contribution in [3.8, 4) is 0 Å². The Kier molecular flexibility index (Phi) is 5.75. The zero-order valence-electron chi connectivity index (χ0n) is 13.6. The number of carbonyl (C=O) groups is 1. The van der Waals surface area contributed by atoms with Crippen molar-refractivity contribution in [2.45, 2.75) is 31.8 Å². The van der Waals surface area contributed by atoms with Gasteiger partial charge in [0, 0.05) is 31.6 Å². The fourth-order valence-electron chi connectivity index (χ4n) is 3.72. The third-order valence-corrected chi connectivity index (χ3v) is 4.99. The fraction of sp³-hybridized carbons (Fsp3) is 0.611. The quantitative estimate of drug-likeness (QED) is 0.788. The molecule has 1 unspecified atom stereocenters. The molecule has 2 saturated heterocycles. The molecule has 0 radical (unpaired) electrons. The lowest BCUT2D eigenvalue weighted by atomic mass is 9.94. The Labute approximate surface area is 137 Å². The van der Waals surface area contributed by atoms with Gasteiger partial charge >= 0.3 is 0 Å². The van der Waals surface area contributed by atoms with Gasteiger partial charge in [-0.2, -0.15) is 0 Å². The van der Waals surface area contributed by atoms with E-state index in [2.05, 4.69) is 15.5 Å². The Hall–Kier alpha value is -1.30. The maximum Gasteiger partial charge on any atom is 0.162 e. The summed E-state index contributed by atoms with van der Waals surface area (Å²) in [6, 6.07) is 5.86. The van der Waals surface area contributed by atoms with Gasteiger partial charge in [-0.05, 0) is 62.5 Å². The molecule has 126 valence electrons. The van der Waals surface area contributed by atoms with Crippen LogP contribution in [0.2, 0.25) is 0 Å². The van der Waals surface area contributed by atoms with Crippen molar-refractivity contribution in [2.75, 3.05) is 32.7 Å². The number of piperidine rings is 1. The number of carbonyl (C=O) groups excluding carboxylic acids is 1. The van der Waals surface area contributed by atoms with Gasteiger partial charge in [-0.3, -0.25) is 9.69 Å². The highest BCUT2D eigenvalue weighted by Gasteiger charge is 2.31. The Morgan fingerprint density at radius 2 is 1.91 bits per heavy atom. The highest BCUT2D eigenvalue weighted by molar-refractivity contribution is 5.95. The van der Waals surface area contributed by atoms with E-state index >= 15 is 0 Å². The molecule has 23 heavy (non-hydrogen) atoms. The van der Waals surface area contributed by atoms with Crippen LogP contribution in [0.25, 0.3) is 0 Å². The Bertz CT molecular complexity index is 514. The molecule has 2 heterocycles. The van der Waals surface area contributed by atoms with Crippen molar-refractivity contribution in [3.63, 3.8) is 0 Å². The zero-order valence-corrected chi connectivity index (χ0v) is 13.6. The molecule has 0 bridgehead atoms. The van der Waals surface area contributed by atoms with E-state index in [1.54, 1.807) is 12.1 Å². The van der Waals surface area contributed by atoms with E-state index in [1.165, 1.54) is 25.0 Å². The predicted molar refractivity (Wildman–Crippen MR) is 88.9 cm³/mol. The molecule has 2 aliphatic rings. The van der Waals surface area contributed by atoms with E-state index in [0.29, 0.717) is 24.1 Å². The number of hydrogen-bond acceptors (Lipinski definition) is 4. The number of nitrogens with one attached hydrogen (secondary N) is 2. The molecule has 2 N–H and O–H groups in total. The molecule has 3 rings (SSSR count). The van der Waals surface area contributed by atoms with E-state index in [0.717, 1.165) is 39.1 Å². The minimum atomic E-state index is -0.297. The number of ketones is 1. The summed E-state index contributed by atoms with van der Waals surface area (Å²) in [6.45, 7) is 5.29. The van der Waals surface area contributed by atoms with E-state index in [-0.39, 0.29) is 11.6 Å². The average Bonchev–Trinajstić information content (AvgIpc) is 3.05. The van der Waals surface area contributed by atoms with Crippen LogP contribution in [-0.4, -0.2) is 49.6 Å². The second-order valence-electron chi connectivity index (χ2n) is 6.56. The van der Waals surface area contributed by atoms with Crippen LogP contribution in [0.3, 0.4) is 0 Å². The van der Waals surface area contributed by atoms with Gasteiger partial charge in [-0.15, -0.1) is 0 Å². The van der Waals surface area contributed by atoms with E-state index < -0.39 is 0 Å². The molecule has 1 aromatic carbocycles. The van der Waals surface area contributed by atoms with Crippen LogP contribution in [0.4, 0.5) is 4.39 Å². The van der Waals surface area contributed by atoms with E-state index in [1.807, 2.05) is 0 Å². The van der Waals surface area contributed by atoms with Crippen LogP contribution in [0.15, 0.2) is 24.3 Å². The summed E-state index contributed by atoms with van der Waals surface area (Å²) < 4.78 is 12.9. The lowest BCUT2D eigenvalue weighted by Crippen LogP contribution is -2.46. The van der Waals surface area contributed by atoms with Crippen LogP contribution in [0.1, 0.15) is 36.0 Å². The summed E-state index contributed by atoms with van der Waals surface area (Å²) in [5.41, 5.74) is 0.612. The molecular formula is C18H26FN3O. The molecule has 0 saturated carbocycles. The first kappa shape index (κ1) is 16.6. The van der Waals surface area contributed by atoms with Gasteiger partial charge in [0.15, 0.2) is 5.78 Å². The lowest BCUT2D eigenvalue weighted by Gasteiger charge is -2.34. The number of Topliss-reactive ketones (excluding diaryl/α,β-unsaturated/α-hetero) is 1. The van der Waals surface area contributed by atoms with Crippen LogP contribution < -0.4 is 10.6 Å².